The van der Waals surface area contributed by atoms with Gasteiger partial charge in [0.2, 0.25) is 0 Å². The first-order chi connectivity index (χ1) is 8.11. The summed E-state index contributed by atoms with van der Waals surface area (Å²) < 4.78 is 2.21. The Bertz CT molecular complexity index is 354. The molecule has 96 valence electrons. The minimum Gasteiger partial charge on any atom is -0.334 e. The van der Waals surface area contributed by atoms with Gasteiger partial charge in [-0.3, -0.25) is 0 Å². The van der Waals surface area contributed by atoms with Gasteiger partial charge in [0.1, 0.15) is 5.82 Å². The van der Waals surface area contributed by atoms with E-state index in [-0.39, 0.29) is 0 Å². The van der Waals surface area contributed by atoms with Gasteiger partial charge in [-0.2, -0.15) is 0 Å². The van der Waals surface area contributed by atoms with E-state index in [1.165, 1.54) is 25.7 Å². The van der Waals surface area contributed by atoms with Crippen LogP contribution >= 0.6 is 0 Å². The van der Waals surface area contributed by atoms with Crippen LogP contribution in [0.5, 0.6) is 0 Å². The van der Waals surface area contributed by atoms with E-state index >= 15 is 0 Å². The number of nitrogens with one attached hydrogen (secondary N) is 1. The van der Waals surface area contributed by atoms with Crippen molar-refractivity contribution in [3.8, 4) is 0 Å². The van der Waals surface area contributed by atoms with Gasteiger partial charge < -0.3 is 9.88 Å². The maximum atomic E-state index is 4.41. The molecule has 0 amide bonds. The highest BCUT2D eigenvalue weighted by atomic mass is 15.1. The minimum atomic E-state index is 0.510. The summed E-state index contributed by atoms with van der Waals surface area (Å²) in [5.74, 6) is 1.16. The molecule has 1 unspecified atom stereocenters. The second kappa shape index (κ2) is 5.21. The van der Waals surface area contributed by atoms with Crippen molar-refractivity contribution in [3.63, 3.8) is 0 Å². The summed E-state index contributed by atoms with van der Waals surface area (Å²) in [6.45, 7) is 8.84. The van der Waals surface area contributed by atoms with Gasteiger partial charge >= 0.3 is 0 Å². The fraction of sp³-hybridized carbons (Fsp3) is 0.786. The van der Waals surface area contributed by atoms with Crippen molar-refractivity contribution in [2.75, 3.05) is 0 Å². The lowest BCUT2D eigenvalue weighted by molar-refractivity contribution is 0.197. The van der Waals surface area contributed by atoms with Crippen molar-refractivity contribution in [3.05, 3.63) is 18.2 Å². The standard InChI is InChI=1S/C14H25N3/c1-4-17-9-8-15-13(17)11-16-12-6-5-7-14(2,3)10-12/h8-9,12,16H,4-7,10-11H2,1-3H3. The van der Waals surface area contributed by atoms with E-state index in [1.54, 1.807) is 0 Å². The number of nitrogens with zero attached hydrogens (tertiary/aromatic N) is 2. The molecule has 0 radical (unpaired) electrons. The molecule has 0 aliphatic heterocycles. The van der Waals surface area contributed by atoms with Crippen LogP contribution in [-0.4, -0.2) is 15.6 Å². The molecule has 1 fully saturated rings. The molecule has 1 heterocycles. The molecule has 3 nitrogen and oxygen atoms in total. The van der Waals surface area contributed by atoms with Gasteiger partial charge in [0.15, 0.2) is 0 Å². The number of rotatable bonds is 4. The number of hydrogen-bond acceptors (Lipinski definition) is 2. The predicted molar refractivity (Wildman–Crippen MR) is 70.8 cm³/mol. The van der Waals surface area contributed by atoms with Gasteiger partial charge in [0, 0.05) is 25.0 Å². The Balaban J connectivity index is 1.86. The molecule has 1 atom stereocenters. The average Bonchev–Trinajstić information content (AvgIpc) is 2.72. The zero-order valence-corrected chi connectivity index (χ0v) is 11.4. The zero-order chi connectivity index (χ0) is 12.3. The fourth-order valence-corrected chi connectivity index (χ4v) is 2.90. The highest BCUT2D eigenvalue weighted by Gasteiger charge is 2.27. The summed E-state index contributed by atoms with van der Waals surface area (Å²) >= 11 is 0. The third kappa shape index (κ3) is 3.32. The molecule has 3 heteroatoms. The van der Waals surface area contributed by atoms with Gasteiger partial charge in [-0.1, -0.05) is 20.3 Å². The van der Waals surface area contributed by atoms with Crippen molar-refractivity contribution in [1.29, 1.82) is 0 Å². The average molecular weight is 235 g/mol. The van der Waals surface area contributed by atoms with E-state index in [0.717, 1.165) is 18.9 Å². The third-order valence-electron chi connectivity index (χ3n) is 3.90. The van der Waals surface area contributed by atoms with Gasteiger partial charge in [0.25, 0.3) is 0 Å². The minimum absolute atomic E-state index is 0.510. The van der Waals surface area contributed by atoms with E-state index in [0.29, 0.717) is 11.5 Å². The molecule has 0 saturated heterocycles. The lowest BCUT2D eigenvalue weighted by atomic mass is 9.75. The topological polar surface area (TPSA) is 29.9 Å². The quantitative estimate of drug-likeness (QED) is 0.869. The van der Waals surface area contributed by atoms with Crippen molar-refractivity contribution >= 4 is 0 Å². The van der Waals surface area contributed by atoms with Gasteiger partial charge in [-0.15, -0.1) is 0 Å². The summed E-state index contributed by atoms with van der Waals surface area (Å²) in [6.07, 6.45) is 9.28. The molecule has 0 aromatic carbocycles. The predicted octanol–water partition coefficient (Wildman–Crippen LogP) is 2.96. The Labute approximate surface area is 105 Å². The third-order valence-corrected chi connectivity index (χ3v) is 3.90. The maximum absolute atomic E-state index is 4.41. The van der Waals surface area contributed by atoms with Crippen molar-refractivity contribution in [2.24, 2.45) is 5.41 Å². The van der Waals surface area contributed by atoms with Gasteiger partial charge in [-0.25, -0.2) is 4.98 Å². The number of hydrogen-bond donors (Lipinski definition) is 1. The molecule has 1 aromatic heterocycles. The van der Waals surface area contributed by atoms with Crippen LogP contribution in [0.1, 0.15) is 52.3 Å². The molecule has 0 spiro atoms. The molecule has 1 aromatic rings. The molecule has 1 N–H and O–H groups in total. The van der Waals surface area contributed by atoms with Crippen LogP contribution in [0.2, 0.25) is 0 Å². The molecule has 2 rings (SSSR count). The lowest BCUT2D eigenvalue weighted by Gasteiger charge is -2.35. The Morgan fingerprint density at radius 1 is 1.53 bits per heavy atom. The van der Waals surface area contributed by atoms with Crippen LogP contribution in [-0.2, 0) is 13.1 Å². The van der Waals surface area contributed by atoms with E-state index in [2.05, 4.69) is 41.8 Å². The Morgan fingerprint density at radius 3 is 3.06 bits per heavy atom. The van der Waals surface area contributed by atoms with Crippen LogP contribution in [0, 0.1) is 5.41 Å². The monoisotopic (exact) mass is 235 g/mol. The Morgan fingerprint density at radius 2 is 2.35 bits per heavy atom. The largest absolute Gasteiger partial charge is 0.334 e. The molecular weight excluding hydrogens is 210 g/mol. The van der Waals surface area contributed by atoms with E-state index in [4.69, 9.17) is 0 Å². The van der Waals surface area contributed by atoms with Crippen LogP contribution in [0.15, 0.2) is 12.4 Å². The molecule has 1 saturated carbocycles. The maximum Gasteiger partial charge on any atom is 0.122 e. The number of aromatic nitrogens is 2. The second-order valence-corrected chi connectivity index (χ2v) is 5.97. The summed E-state index contributed by atoms with van der Waals surface area (Å²) in [5.41, 5.74) is 0.510. The molecule has 1 aliphatic carbocycles. The van der Waals surface area contributed by atoms with E-state index < -0.39 is 0 Å². The summed E-state index contributed by atoms with van der Waals surface area (Å²) in [6, 6.07) is 0.667. The van der Waals surface area contributed by atoms with Crippen LogP contribution in [0.3, 0.4) is 0 Å². The SMILES string of the molecule is CCn1ccnc1CNC1CCCC(C)(C)C1. The summed E-state index contributed by atoms with van der Waals surface area (Å²) in [4.78, 5) is 4.41. The van der Waals surface area contributed by atoms with Crippen molar-refractivity contribution in [1.82, 2.24) is 14.9 Å². The normalized spacial score (nSPS) is 23.8. The van der Waals surface area contributed by atoms with E-state index in [9.17, 15) is 0 Å². The zero-order valence-electron chi connectivity index (χ0n) is 11.4. The van der Waals surface area contributed by atoms with Crippen LogP contribution in [0.4, 0.5) is 0 Å². The summed E-state index contributed by atoms with van der Waals surface area (Å²) in [5, 5.41) is 3.67. The summed E-state index contributed by atoms with van der Waals surface area (Å²) in [7, 11) is 0. The molecule has 17 heavy (non-hydrogen) atoms. The molecule has 1 aliphatic rings. The van der Waals surface area contributed by atoms with E-state index in [1.807, 2.05) is 6.20 Å². The lowest BCUT2D eigenvalue weighted by Crippen LogP contribution is -2.37. The first kappa shape index (κ1) is 12.6. The van der Waals surface area contributed by atoms with Gasteiger partial charge in [0.05, 0.1) is 6.54 Å². The Hall–Kier alpha value is -0.830. The molecular formula is C14H25N3. The first-order valence-corrected chi connectivity index (χ1v) is 6.84. The smallest absolute Gasteiger partial charge is 0.122 e. The van der Waals surface area contributed by atoms with Gasteiger partial charge in [-0.05, 0) is 31.6 Å². The first-order valence-electron chi connectivity index (χ1n) is 6.84. The highest BCUT2D eigenvalue weighted by Crippen LogP contribution is 2.35. The number of imidazole rings is 1. The second-order valence-electron chi connectivity index (χ2n) is 5.97. The Kier molecular flexibility index (Phi) is 3.87. The molecule has 0 bridgehead atoms. The van der Waals surface area contributed by atoms with Crippen molar-refractivity contribution in [2.45, 2.75) is 65.6 Å². The number of aryl methyl sites for hydroxylation is 1. The highest BCUT2D eigenvalue weighted by molar-refractivity contribution is 4.93. The van der Waals surface area contributed by atoms with Crippen LogP contribution in [0.25, 0.3) is 0 Å². The van der Waals surface area contributed by atoms with Crippen molar-refractivity contribution < 1.29 is 0 Å². The van der Waals surface area contributed by atoms with Crippen LogP contribution < -0.4 is 5.32 Å². The fourth-order valence-electron chi connectivity index (χ4n) is 2.90.